The van der Waals surface area contributed by atoms with E-state index in [0.717, 1.165) is 18.4 Å². The molecule has 0 radical (unpaired) electrons. The maximum absolute atomic E-state index is 12.1. The number of benzene rings is 1. The lowest BCUT2D eigenvalue weighted by Crippen LogP contribution is -2.31. The standard InChI is InChI=1S/C15H20F3NO/c1-19-13-4-2-3-12(10-13)9-11-5-7-14(8-6-11)20-15(16,17)18/h5-8,12-13,19H,2-4,9-10H2,1H3. The molecule has 1 saturated carbocycles. The SMILES string of the molecule is CNC1CCCC(Cc2ccc(OC(F)(F)F)cc2)C1. The van der Waals surface area contributed by atoms with Gasteiger partial charge >= 0.3 is 6.36 Å². The summed E-state index contributed by atoms with van der Waals surface area (Å²) in [7, 11) is 1.98. The van der Waals surface area contributed by atoms with Gasteiger partial charge in [0.2, 0.25) is 0 Å². The summed E-state index contributed by atoms with van der Waals surface area (Å²) in [6, 6.07) is 6.80. The number of hydrogen-bond acceptors (Lipinski definition) is 2. The highest BCUT2D eigenvalue weighted by atomic mass is 19.4. The molecule has 1 aliphatic carbocycles. The minimum atomic E-state index is -4.62. The van der Waals surface area contributed by atoms with E-state index in [4.69, 9.17) is 0 Å². The molecule has 1 fully saturated rings. The van der Waals surface area contributed by atoms with Crippen LogP contribution in [0.4, 0.5) is 13.2 Å². The third-order valence-corrected chi connectivity index (χ3v) is 3.87. The van der Waals surface area contributed by atoms with Gasteiger partial charge in [-0.15, -0.1) is 13.2 Å². The Kier molecular flexibility index (Phi) is 4.91. The summed E-state index contributed by atoms with van der Waals surface area (Å²) in [5.74, 6) is 0.452. The first-order valence-corrected chi connectivity index (χ1v) is 6.98. The second-order valence-electron chi connectivity index (χ2n) is 5.41. The predicted octanol–water partition coefficient (Wildman–Crippen LogP) is 3.91. The molecule has 5 heteroatoms. The summed E-state index contributed by atoms with van der Waals surface area (Å²) in [5.41, 5.74) is 1.07. The van der Waals surface area contributed by atoms with Crippen molar-refractivity contribution < 1.29 is 17.9 Å². The van der Waals surface area contributed by atoms with Crippen LogP contribution < -0.4 is 10.1 Å². The van der Waals surface area contributed by atoms with E-state index in [1.54, 1.807) is 12.1 Å². The van der Waals surface area contributed by atoms with Gasteiger partial charge in [0, 0.05) is 6.04 Å². The molecular formula is C15H20F3NO. The maximum atomic E-state index is 12.1. The van der Waals surface area contributed by atoms with E-state index >= 15 is 0 Å². The van der Waals surface area contributed by atoms with Crippen molar-refractivity contribution in [3.05, 3.63) is 29.8 Å². The third-order valence-electron chi connectivity index (χ3n) is 3.87. The van der Waals surface area contributed by atoms with E-state index in [1.165, 1.54) is 31.4 Å². The number of nitrogens with one attached hydrogen (secondary N) is 1. The van der Waals surface area contributed by atoms with Crippen molar-refractivity contribution in [2.45, 2.75) is 44.5 Å². The molecule has 2 nitrogen and oxygen atoms in total. The molecule has 112 valence electrons. The smallest absolute Gasteiger partial charge is 0.406 e. The molecule has 1 aromatic rings. The number of rotatable bonds is 4. The van der Waals surface area contributed by atoms with E-state index in [9.17, 15) is 13.2 Å². The Labute approximate surface area is 117 Å². The van der Waals surface area contributed by atoms with Crippen LogP contribution in [0.15, 0.2) is 24.3 Å². The molecule has 0 spiro atoms. The fraction of sp³-hybridized carbons (Fsp3) is 0.600. The number of halogens is 3. The van der Waals surface area contributed by atoms with E-state index in [-0.39, 0.29) is 5.75 Å². The fourth-order valence-electron chi connectivity index (χ4n) is 2.90. The van der Waals surface area contributed by atoms with Crippen LogP contribution in [0.3, 0.4) is 0 Å². The Morgan fingerprint density at radius 3 is 2.50 bits per heavy atom. The van der Waals surface area contributed by atoms with Crippen LogP contribution in [0.25, 0.3) is 0 Å². The Balaban J connectivity index is 1.90. The highest BCUT2D eigenvalue weighted by molar-refractivity contribution is 5.27. The van der Waals surface area contributed by atoms with Crippen LogP contribution in [-0.2, 0) is 6.42 Å². The Morgan fingerprint density at radius 1 is 1.20 bits per heavy atom. The van der Waals surface area contributed by atoms with Gasteiger partial charge in [-0.3, -0.25) is 0 Å². The minimum Gasteiger partial charge on any atom is -0.406 e. The van der Waals surface area contributed by atoms with E-state index in [1.807, 2.05) is 7.05 Å². The zero-order valence-electron chi connectivity index (χ0n) is 11.5. The summed E-state index contributed by atoms with van der Waals surface area (Å²) >= 11 is 0. The van der Waals surface area contributed by atoms with Gasteiger partial charge in [0.1, 0.15) is 5.75 Å². The molecule has 1 aliphatic rings. The zero-order chi connectivity index (χ0) is 14.6. The van der Waals surface area contributed by atoms with Crippen LogP contribution in [0.2, 0.25) is 0 Å². The molecule has 0 saturated heterocycles. The summed E-state index contributed by atoms with van der Waals surface area (Å²) in [6.07, 6.45) is 1.06. The molecule has 0 amide bonds. The van der Waals surface area contributed by atoms with Crippen molar-refractivity contribution in [2.24, 2.45) is 5.92 Å². The van der Waals surface area contributed by atoms with E-state index < -0.39 is 6.36 Å². The summed E-state index contributed by atoms with van der Waals surface area (Å²) < 4.78 is 40.1. The van der Waals surface area contributed by atoms with Crippen LogP contribution in [0.1, 0.15) is 31.2 Å². The predicted molar refractivity (Wildman–Crippen MR) is 71.6 cm³/mol. The summed E-state index contributed by atoms with van der Waals surface area (Å²) in [4.78, 5) is 0. The highest BCUT2D eigenvalue weighted by Gasteiger charge is 2.31. The van der Waals surface area contributed by atoms with Gasteiger partial charge in [0.25, 0.3) is 0 Å². The summed E-state index contributed by atoms with van der Waals surface area (Å²) in [6.45, 7) is 0. The lowest BCUT2D eigenvalue weighted by Gasteiger charge is -2.29. The number of ether oxygens (including phenoxy) is 1. The molecule has 1 aromatic carbocycles. The van der Waals surface area contributed by atoms with E-state index in [0.29, 0.717) is 12.0 Å². The average Bonchev–Trinajstić information content (AvgIpc) is 2.40. The molecule has 2 unspecified atom stereocenters. The second kappa shape index (κ2) is 6.48. The monoisotopic (exact) mass is 287 g/mol. The highest BCUT2D eigenvalue weighted by Crippen LogP contribution is 2.28. The number of alkyl halides is 3. The largest absolute Gasteiger partial charge is 0.573 e. The Bertz CT molecular complexity index is 416. The van der Waals surface area contributed by atoms with E-state index in [2.05, 4.69) is 10.1 Å². The number of hydrogen-bond donors (Lipinski definition) is 1. The molecule has 0 heterocycles. The third kappa shape index (κ3) is 4.71. The average molecular weight is 287 g/mol. The lowest BCUT2D eigenvalue weighted by molar-refractivity contribution is -0.274. The first-order chi connectivity index (χ1) is 9.46. The maximum Gasteiger partial charge on any atom is 0.573 e. The second-order valence-corrected chi connectivity index (χ2v) is 5.41. The van der Waals surface area contributed by atoms with Crippen molar-refractivity contribution in [3.63, 3.8) is 0 Å². The molecule has 0 aromatic heterocycles. The van der Waals surface area contributed by atoms with Gasteiger partial charge < -0.3 is 10.1 Å². The van der Waals surface area contributed by atoms with Crippen molar-refractivity contribution in [3.8, 4) is 5.75 Å². The van der Waals surface area contributed by atoms with Crippen LogP contribution in [0.5, 0.6) is 5.75 Å². The van der Waals surface area contributed by atoms with Crippen LogP contribution in [0, 0.1) is 5.92 Å². The van der Waals surface area contributed by atoms with Gasteiger partial charge in [0.05, 0.1) is 0 Å². The first kappa shape index (κ1) is 15.2. The quantitative estimate of drug-likeness (QED) is 0.906. The van der Waals surface area contributed by atoms with Crippen LogP contribution >= 0.6 is 0 Å². The molecular weight excluding hydrogens is 267 g/mol. The van der Waals surface area contributed by atoms with Crippen LogP contribution in [-0.4, -0.2) is 19.5 Å². The van der Waals surface area contributed by atoms with Gasteiger partial charge in [-0.25, -0.2) is 0 Å². The van der Waals surface area contributed by atoms with Crippen molar-refractivity contribution in [1.29, 1.82) is 0 Å². The molecule has 1 N–H and O–H groups in total. The topological polar surface area (TPSA) is 21.3 Å². The van der Waals surface area contributed by atoms with Crippen molar-refractivity contribution in [2.75, 3.05) is 7.05 Å². The zero-order valence-corrected chi connectivity index (χ0v) is 11.5. The first-order valence-electron chi connectivity index (χ1n) is 6.98. The van der Waals surface area contributed by atoms with Crippen molar-refractivity contribution >= 4 is 0 Å². The fourth-order valence-corrected chi connectivity index (χ4v) is 2.90. The summed E-state index contributed by atoms with van der Waals surface area (Å²) in [5, 5.41) is 3.31. The molecule has 0 bridgehead atoms. The minimum absolute atomic E-state index is 0.155. The van der Waals surface area contributed by atoms with Crippen molar-refractivity contribution in [1.82, 2.24) is 5.32 Å². The van der Waals surface area contributed by atoms with Gasteiger partial charge in [0.15, 0.2) is 0 Å². The van der Waals surface area contributed by atoms with Gasteiger partial charge in [-0.2, -0.15) is 0 Å². The molecule has 2 atom stereocenters. The van der Waals surface area contributed by atoms with Gasteiger partial charge in [-0.05, 0) is 49.9 Å². The molecule has 2 rings (SSSR count). The van der Waals surface area contributed by atoms with Gasteiger partial charge in [-0.1, -0.05) is 25.0 Å². The molecule has 0 aliphatic heterocycles. The Morgan fingerprint density at radius 2 is 1.90 bits per heavy atom. The Hall–Kier alpha value is -1.23. The lowest BCUT2D eigenvalue weighted by atomic mass is 9.82. The molecule has 20 heavy (non-hydrogen) atoms. The normalized spacial score (nSPS) is 23.6.